The highest BCUT2D eigenvalue weighted by molar-refractivity contribution is 7.89. The number of hydrogen-bond donors (Lipinski definition) is 1. The molecule has 1 aromatic rings. The zero-order valence-corrected chi connectivity index (χ0v) is 13.0. The van der Waals surface area contributed by atoms with E-state index in [9.17, 15) is 8.42 Å². The van der Waals surface area contributed by atoms with Gasteiger partial charge in [0.05, 0.1) is 12.0 Å². The minimum Gasteiger partial charge on any atom is -0.497 e. The highest BCUT2D eigenvalue weighted by atomic mass is 32.2. The van der Waals surface area contributed by atoms with Crippen molar-refractivity contribution in [2.24, 2.45) is 5.92 Å². The minimum atomic E-state index is -3.42. The second-order valence-electron chi connectivity index (χ2n) is 5.34. The molecule has 0 saturated carbocycles. The quantitative estimate of drug-likeness (QED) is 0.910. The van der Waals surface area contributed by atoms with Gasteiger partial charge in [-0.1, -0.05) is 13.8 Å². The lowest BCUT2D eigenvalue weighted by molar-refractivity contribution is 0.256. The van der Waals surface area contributed by atoms with Crippen molar-refractivity contribution in [2.75, 3.05) is 26.7 Å². The van der Waals surface area contributed by atoms with E-state index in [1.165, 1.54) is 0 Å². The summed E-state index contributed by atoms with van der Waals surface area (Å²) < 4.78 is 31.8. The van der Waals surface area contributed by atoms with Gasteiger partial charge < -0.3 is 10.1 Å². The molecule has 6 heteroatoms. The largest absolute Gasteiger partial charge is 0.497 e. The van der Waals surface area contributed by atoms with E-state index in [-0.39, 0.29) is 6.04 Å². The molecule has 1 heterocycles. The smallest absolute Gasteiger partial charge is 0.243 e. The summed E-state index contributed by atoms with van der Waals surface area (Å²) in [7, 11) is -1.85. The molecule has 0 aliphatic carbocycles. The first-order chi connectivity index (χ1) is 9.45. The lowest BCUT2D eigenvalue weighted by Crippen LogP contribution is -2.54. The first kappa shape index (κ1) is 15.3. The predicted octanol–water partition coefficient (Wildman–Crippen LogP) is 1.31. The molecule has 1 fully saturated rings. The molecular formula is C14H22N2O3S. The summed E-state index contributed by atoms with van der Waals surface area (Å²) in [5.74, 6) is 1.06. The first-order valence-corrected chi connectivity index (χ1v) is 8.26. The number of nitrogens with one attached hydrogen (secondary N) is 1. The monoisotopic (exact) mass is 298 g/mol. The fourth-order valence-corrected chi connectivity index (χ4v) is 3.78. The Kier molecular flexibility index (Phi) is 4.67. The van der Waals surface area contributed by atoms with Gasteiger partial charge in [0.25, 0.3) is 0 Å². The summed E-state index contributed by atoms with van der Waals surface area (Å²) >= 11 is 0. The van der Waals surface area contributed by atoms with Crippen LogP contribution in [0, 0.1) is 5.92 Å². The van der Waals surface area contributed by atoms with Crippen LogP contribution in [0.4, 0.5) is 0 Å². The van der Waals surface area contributed by atoms with Crippen LogP contribution in [0.3, 0.4) is 0 Å². The summed E-state index contributed by atoms with van der Waals surface area (Å²) in [6.45, 7) is 5.92. The van der Waals surface area contributed by atoms with E-state index in [4.69, 9.17) is 4.74 Å². The molecule has 0 radical (unpaired) electrons. The molecule has 1 aliphatic heterocycles. The molecule has 1 aromatic carbocycles. The fourth-order valence-electron chi connectivity index (χ4n) is 2.31. The summed E-state index contributed by atoms with van der Waals surface area (Å²) in [6, 6.07) is 6.75. The molecule has 2 rings (SSSR count). The highest BCUT2D eigenvalue weighted by Crippen LogP contribution is 2.21. The zero-order chi connectivity index (χ0) is 14.8. The molecule has 1 N–H and O–H groups in total. The van der Waals surface area contributed by atoms with Crippen molar-refractivity contribution in [3.05, 3.63) is 24.3 Å². The third kappa shape index (κ3) is 3.13. The average molecular weight is 298 g/mol. The summed E-state index contributed by atoms with van der Waals surface area (Å²) in [5.41, 5.74) is 0. The van der Waals surface area contributed by atoms with Crippen LogP contribution in [-0.4, -0.2) is 45.5 Å². The van der Waals surface area contributed by atoms with Gasteiger partial charge in [-0.15, -0.1) is 0 Å². The average Bonchev–Trinajstić information content (AvgIpc) is 2.47. The van der Waals surface area contributed by atoms with E-state index in [1.54, 1.807) is 35.7 Å². The van der Waals surface area contributed by atoms with Crippen molar-refractivity contribution in [1.29, 1.82) is 0 Å². The molecule has 0 spiro atoms. The summed E-state index contributed by atoms with van der Waals surface area (Å²) in [5, 5.41) is 3.36. The number of nitrogens with zero attached hydrogens (tertiary/aromatic N) is 1. The van der Waals surface area contributed by atoms with Crippen molar-refractivity contribution in [3.8, 4) is 5.75 Å². The molecule has 1 saturated heterocycles. The van der Waals surface area contributed by atoms with E-state index in [0.717, 1.165) is 0 Å². The van der Waals surface area contributed by atoms with Gasteiger partial charge in [0.15, 0.2) is 0 Å². The van der Waals surface area contributed by atoms with Crippen molar-refractivity contribution in [1.82, 2.24) is 9.62 Å². The maximum absolute atomic E-state index is 12.6. The molecule has 0 aromatic heterocycles. The lowest BCUT2D eigenvalue weighted by atomic mass is 10.0. The minimum absolute atomic E-state index is 0.205. The van der Waals surface area contributed by atoms with E-state index in [1.807, 2.05) is 0 Å². The third-order valence-corrected chi connectivity index (χ3v) is 5.55. The molecular weight excluding hydrogens is 276 g/mol. The van der Waals surface area contributed by atoms with E-state index in [0.29, 0.717) is 36.2 Å². The van der Waals surface area contributed by atoms with E-state index >= 15 is 0 Å². The second kappa shape index (κ2) is 6.11. The molecule has 112 valence electrons. The van der Waals surface area contributed by atoms with Crippen LogP contribution in [0.25, 0.3) is 0 Å². The number of benzene rings is 1. The highest BCUT2D eigenvalue weighted by Gasteiger charge is 2.30. The lowest BCUT2D eigenvalue weighted by Gasteiger charge is -2.34. The summed E-state index contributed by atoms with van der Waals surface area (Å²) in [6.07, 6.45) is 0. The Morgan fingerprint density at radius 3 is 2.50 bits per heavy atom. The maximum atomic E-state index is 12.6. The van der Waals surface area contributed by atoms with Crippen molar-refractivity contribution in [2.45, 2.75) is 24.8 Å². The number of ether oxygens (including phenoxy) is 1. The predicted molar refractivity (Wildman–Crippen MR) is 78.4 cm³/mol. The Labute approximate surface area is 121 Å². The van der Waals surface area contributed by atoms with E-state index in [2.05, 4.69) is 19.2 Å². The first-order valence-electron chi connectivity index (χ1n) is 6.82. The van der Waals surface area contributed by atoms with Crippen LogP contribution in [-0.2, 0) is 10.0 Å². The normalized spacial score (nSPS) is 21.1. The van der Waals surface area contributed by atoms with Crippen LogP contribution < -0.4 is 10.1 Å². The van der Waals surface area contributed by atoms with Gasteiger partial charge in [-0.25, -0.2) is 8.42 Å². The van der Waals surface area contributed by atoms with Crippen LogP contribution in [0.2, 0.25) is 0 Å². The molecule has 1 unspecified atom stereocenters. The van der Waals surface area contributed by atoms with Gasteiger partial charge in [0.2, 0.25) is 10.0 Å². The van der Waals surface area contributed by atoms with Gasteiger partial charge in [0, 0.05) is 25.7 Å². The SMILES string of the molecule is COc1ccc(S(=O)(=O)N2CCNC(C(C)C)C2)cc1. The third-order valence-electron chi connectivity index (χ3n) is 3.67. The van der Waals surface area contributed by atoms with Crippen LogP contribution in [0.5, 0.6) is 5.75 Å². The number of sulfonamides is 1. The zero-order valence-electron chi connectivity index (χ0n) is 12.2. The Morgan fingerprint density at radius 1 is 1.30 bits per heavy atom. The van der Waals surface area contributed by atoms with Gasteiger partial charge in [-0.3, -0.25) is 0 Å². The number of hydrogen-bond acceptors (Lipinski definition) is 4. The Morgan fingerprint density at radius 2 is 1.95 bits per heavy atom. The molecule has 0 bridgehead atoms. The maximum Gasteiger partial charge on any atom is 0.243 e. The van der Waals surface area contributed by atoms with Gasteiger partial charge >= 0.3 is 0 Å². The Balaban J connectivity index is 2.20. The Bertz CT molecular complexity index is 540. The van der Waals surface area contributed by atoms with Gasteiger partial charge in [0.1, 0.15) is 5.75 Å². The standard InChI is InChI=1S/C14H22N2O3S/c1-11(2)14-10-16(9-8-15-14)20(17,18)13-6-4-12(19-3)5-7-13/h4-7,11,14-15H,8-10H2,1-3H3. The number of piperazine rings is 1. The molecule has 20 heavy (non-hydrogen) atoms. The van der Waals surface area contributed by atoms with E-state index < -0.39 is 10.0 Å². The van der Waals surface area contributed by atoms with Crippen molar-refractivity contribution in [3.63, 3.8) is 0 Å². The number of methoxy groups -OCH3 is 1. The topological polar surface area (TPSA) is 58.6 Å². The van der Waals surface area contributed by atoms with Crippen LogP contribution >= 0.6 is 0 Å². The van der Waals surface area contributed by atoms with Crippen molar-refractivity contribution < 1.29 is 13.2 Å². The molecule has 1 atom stereocenters. The Hall–Kier alpha value is -1.11. The second-order valence-corrected chi connectivity index (χ2v) is 7.28. The summed E-state index contributed by atoms with van der Waals surface area (Å²) in [4.78, 5) is 0.322. The molecule has 5 nitrogen and oxygen atoms in total. The van der Waals surface area contributed by atoms with Gasteiger partial charge in [-0.05, 0) is 30.2 Å². The molecule has 0 amide bonds. The van der Waals surface area contributed by atoms with Crippen LogP contribution in [0.1, 0.15) is 13.8 Å². The number of rotatable bonds is 4. The van der Waals surface area contributed by atoms with Crippen LogP contribution in [0.15, 0.2) is 29.2 Å². The molecule has 1 aliphatic rings. The van der Waals surface area contributed by atoms with Crippen molar-refractivity contribution >= 4 is 10.0 Å². The fraction of sp³-hybridized carbons (Fsp3) is 0.571. The van der Waals surface area contributed by atoms with Gasteiger partial charge in [-0.2, -0.15) is 4.31 Å².